The van der Waals surface area contributed by atoms with Gasteiger partial charge in [0.15, 0.2) is 0 Å². The van der Waals surface area contributed by atoms with Crippen molar-refractivity contribution in [1.29, 1.82) is 0 Å². The molecule has 4 rings (SSSR count). The van der Waals surface area contributed by atoms with Crippen LogP contribution in [0.3, 0.4) is 0 Å². The van der Waals surface area contributed by atoms with E-state index < -0.39 is 5.60 Å². The predicted octanol–water partition coefficient (Wildman–Crippen LogP) is 3.93. The molecule has 5 nitrogen and oxygen atoms in total. The molecule has 0 spiro atoms. The van der Waals surface area contributed by atoms with E-state index in [2.05, 4.69) is 44.9 Å². The van der Waals surface area contributed by atoms with Crippen molar-refractivity contribution in [3.8, 4) is 5.75 Å². The summed E-state index contributed by atoms with van der Waals surface area (Å²) in [6.07, 6.45) is 3.73. The molecule has 0 saturated carbocycles. The van der Waals surface area contributed by atoms with Gasteiger partial charge < -0.3 is 20.1 Å². The van der Waals surface area contributed by atoms with Crippen LogP contribution in [0.1, 0.15) is 36.8 Å². The monoisotopic (exact) mass is 506 g/mol. The standard InChI is InChI=1S/C23H27IN2O3/c24-18-7-5-17(6-8-18)23(28)11-14-26(15-12-23)13-2-16-29-21-4-1-3-20-19(21)9-10-22(27)25-20/h1,3-8,28H,2,9-16H2,(H,25,27). The van der Waals surface area contributed by atoms with E-state index >= 15 is 0 Å². The summed E-state index contributed by atoms with van der Waals surface area (Å²) < 4.78 is 7.21. The second-order valence-electron chi connectivity index (χ2n) is 7.91. The minimum atomic E-state index is -0.703. The van der Waals surface area contributed by atoms with E-state index in [4.69, 9.17) is 4.74 Å². The fourth-order valence-corrected chi connectivity index (χ4v) is 4.55. The van der Waals surface area contributed by atoms with Gasteiger partial charge in [0, 0.05) is 40.9 Å². The molecular weight excluding hydrogens is 479 g/mol. The number of nitrogens with one attached hydrogen (secondary N) is 1. The number of hydrogen-bond acceptors (Lipinski definition) is 4. The summed E-state index contributed by atoms with van der Waals surface area (Å²) in [7, 11) is 0. The van der Waals surface area contributed by atoms with E-state index in [1.807, 2.05) is 30.3 Å². The molecule has 2 heterocycles. The van der Waals surface area contributed by atoms with E-state index in [-0.39, 0.29) is 5.91 Å². The Morgan fingerprint density at radius 1 is 1.10 bits per heavy atom. The largest absolute Gasteiger partial charge is 0.493 e. The Kier molecular flexibility index (Phi) is 6.41. The fourth-order valence-electron chi connectivity index (χ4n) is 4.19. The molecule has 154 valence electrons. The first kappa shape index (κ1) is 20.6. The van der Waals surface area contributed by atoms with Crippen molar-refractivity contribution in [2.75, 3.05) is 31.6 Å². The third-order valence-corrected chi connectivity index (χ3v) is 6.67. The quantitative estimate of drug-likeness (QED) is 0.461. The number of likely N-dealkylation sites (tertiary alicyclic amines) is 1. The highest BCUT2D eigenvalue weighted by Gasteiger charge is 2.33. The highest BCUT2D eigenvalue weighted by atomic mass is 127. The predicted molar refractivity (Wildman–Crippen MR) is 122 cm³/mol. The number of rotatable bonds is 6. The van der Waals surface area contributed by atoms with Crippen LogP contribution in [0, 0.1) is 3.57 Å². The molecule has 0 aromatic heterocycles. The molecule has 2 aliphatic rings. The van der Waals surface area contributed by atoms with Crippen molar-refractivity contribution in [2.24, 2.45) is 0 Å². The highest BCUT2D eigenvalue weighted by molar-refractivity contribution is 14.1. The number of benzene rings is 2. The minimum absolute atomic E-state index is 0.0740. The van der Waals surface area contributed by atoms with E-state index in [0.717, 1.165) is 67.9 Å². The number of fused-ring (bicyclic) bond motifs is 1. The van der Waals surface area contributed by atoms with Crippen LogP contribution in [-0.2, 0) is 16.8 Å². The van der Waals surface area contributed by atoms with Gasteiger partial charge in [0.1, 0.15) is 5.75 Å². The lowest BCUT2D eigenvalue weighted by Gasteiger charge is -2.38. The van der Waals surface area contributed by atoms with Crippen LogP contribution in [-0.4, -0.2) is 42.2 Å². The molecule has 1 saturated heterocycles. The van der Waals surface area contributed by atoms with Gasteiger partial charge in [-0.25, -0.2) is 0 Å². The number of aliphatic hydroxyl groups is 1. The maximum absolute atomic E-state index is 11.5. The summed E-state index contributed by atoms with van der Waals surface area (Å²) in [5.74, 6) is 0.958. The van der Waals surface area contributed by atoms with Gasteiger partial charge in [-0.15, -0.1) is 0 Å². The topological polar surface area (TPSA) is 61.8 Å². The molecule has 2 N–H and O–H groups in total. The Morgan fingerprint density at radius 3 is 2.62 bits per heavy atom. The van der Waals surface area contributed by atoms with Crippen LogP contribution in [0.5, 0.6) is 5.75 Å². The van der Waals surface area contributed by atoms with Crippen LogP contribution in [0.15, 0.2) is 42.5 Å². The number of ether oxygens (including phenoxy) is 1. The van der Waals surface area contributed by atoms with Crippen molar-refractivity contribution in [2.45, 2.75) is 37.7 Å². The molecule has 0 atom stereocenters. The maximum atomic E-state index is 11.5. The first-order valence-corrected chi connectivity index (χ1v) is 11.4. The van der Waals surface area contributed by atoms with Gasteiger partial charge in [-0.3, -0.25) is 4.79 Å². The Balaban J connectivity index is 1.23. The van der Waals surface area contributed by atoms with Crippen molar-refractivity contribution >= 4 is 34.2 Å². The molecule has 0 radical (unpaired) electrons. The number of carbonyl (C=O) groups excluding carboxylic acids is 1. The number of anilines is 1. The lowest BCUT2D eigenvalue weighted by Crippen LogP contribution is -2.43. The normalized spacial score (nSPS) is 18.8. The van der Waals surface area contributed by atoms with Crippen LogP contribution in [0.2, 0.25) is 0 Å². The molecule has 0 aliphatic carbocycles. The molecule has 1 fully saturated rings. The first-order chi connectivity index (χ1) is 14.0. The molecule has 1 amide bonds. The molecule has 2 aromatic rings. The van der Waals surface area contributed by atoms with Gasteiger partial charge in [0.25, 0.3) is 0 Å². The van der Waals surface area contributed by atoms with Gasteiger partial charge in [0.05, 0.1) is 12.2 Å². The van der Waals surface area contributed by atoms with Crippen molar-refractivity contribution < 1.29 is 14.6 Å². The zero-order chi connectivity index (χ0) is 20.3. The van der Waals surface area contributed by atoms with Crippen molar-refractivity contribution in [1.82, 2.24) is 4.90 Å². The van der Waals surface area contributed by atoms with Gasteiger partial charge in [-0.2, -0.15) is 0 Å². The third kappa shape index (κ3) is 4.92. The minimum Gasteiger partial charge on any atom is -0.493 e. The summed E-state index contributed by atoms with van der Waals surface area (Å²) in [5.41, 5.74) is 2.31. The number of halogens is 1. The smallest absolute Gasteiger partial charge is 0.224 e. The summed E-state index contributed by atoms with van der Waals surface area (Å²) >= 11 is 2.29. The Morgan fingerprint density at radius 2 is 1.86 bits per heavy atom. The van der Waals surface area contributed by atoms with Crippen molar-refractivity contribution in [3.05, 3.63) is 57.2 Å². The zero-order valence-electron chi connectivity index (χ0n) is 16.5. The number of piperidine rings is 1. The lowest BCUT2D eigenvalue weighted by molar-refractivity contribution is -0.116. The van der Waals surface area contributed by atoms with Gasteiger partial charge >= 0.3 is 0 Å². The average molecular weight is 506 g/mol. The highest BCUT2D eigenvalue weighted by Crippen LogP contribution is 2.33. The summed E-state index contributed by atoms with van der Waals surface area (Å²) in [6, 6.07) is 14.1. The Labute approximate surface area is 185 Å². The molecular formula is C23H27IN2O3. The third-order valence-electron chi connectivity index (χ3n) is 5.95. The van der Waals surface area contributed by atoms with Gasteiger partial charge in [-0.1, -0.05) is 18.2 Å². The Hall–Kier alpha value is -1.64. The number of nitrogens with zero attached hydrogens (tertiary/aromatic N) is 1. The van der Waals surface area contributed by atoms with Crippen LogP contribution in [0.25, 0.3) is 0 Å². The Bertz CT molecular complexity index is 861. The number of carbonyl (C=O) groups is 1. The summed E-state index contributed by atoms with van der Waals surface area (Å²) in [4.78, 5) is 14.0. The van der Waals surface area contributed by atoms with Crippen molar-refractivity contribution in [3.63, 3.8) is 0 Å². The lowest BCUT2D eigenvalue weighted by atomic mass is 9.84. The van der Waals surface area contributed by atoms with Crippen LogP contribution < -0.4 is 10.1 Å². The number of hydrogen-bond donors (Lipinski definition) is 2. The first-order valence-electron chi connectivity index (χ1n) is 10.3. The van der Waals surface area contributed by atoms with E-state index in [9.17, 15) is 9.90 Å². The zero-order valence-corrected chi connectivity index (χ0v) is 18.7. The summed E-state index contributed by atoms with van der Waals surface area (Å²) in [5, 5.41) is 13.9. The fraction of sp³-hybridized carbons (Fsp3) is 0.435. The van der Waals surface area contributed by atoms with E-state index in [1.165, 1.54) is 3.57 Å². The maximum Gasteiger partial charge on any atom is 0.224 e. The second-order valence-corrected chi connectivity index (χ2v) is 9.16. The molecule has 29 heavy (non-hydrogen) atoms. The molecule has 0 unspecified atom stereocenters. The molecule has 6 heteroatoms. The van der Waals surface area contributed by atoms with Gasteiger partial charge in [-0.05, 0) is 78.1 Å². The van der Waals surface area contributed by atoms with Gasteiger partial charge in [0.2, 0.25) is 5.91 Å². The molecule has 2 aromatic carbocycles. The second kappa shape index (κ2) is 9.02. The van der Waals surface area contributed by atoms with E-state index in [0.29, 0.717) is 13.0 Å². The SMILES string of the molecule is O=C1CCc2c(cccc2OCCCN2CCC(O)(c3ccc(I)cc3)CC2)N1. The van der Waals surface area contributed by atoms with Crippen LogP contribution >= 0.6 is 22.6 Å². The molecule has 0 bridgehead atoms. The van der Waals surface area contributed by atoms with Crippen LogP contribution in [0.4, 0.5) is 5.69 Å². The summed E-state index contributed by atoms with van der Waals surface area (Å²) in [6.45, 7) is 3.42. The molecule has 2 aliphatic heterocycles. The number of amides is 1. The average Bonchev–Trinajstić information content (AvgIpc) is 2.73. The van der Waals surface area contributed by atoms with E-state index in [1.54, 1.807) is 0 Å².